The van der Waals surface area contributed by atoms with E-state index in [0.717, 1.165) is 24.0 Å². The van der Waals surface area contributed by atoms with Gasteiger partial charge in [-0.3, -0.25) is 14.4 Å². The fourth-order valence-corrected chi connectivity index (χ4v) is 8.35. The fourth-order valence-electron chi connectivity index (χ4n) is 8.35. The molecule has 4 aliphatic rings. The topological polar surface area (TPSA) is 177 Å². The Morgan fingerprint density at radius 1 is 1.10 bits per heavy atom. The molecule has 1 spiro atoms. The van der Waals surface area contributed by atoms with E-state index >= 15 is 0 Å². The number of hydrogen-bond donors (Lipinski definition) is 5. The summed E-state index contributed by atoms with van der Waals surface area (Å²) in [6.07, 6.45) is 2.67. The van der Waals surface area contributed by atoms with Crippen LogP contribution in [0.15, 0.2) is 29.0 Å². The van der Waals surface area contributed by atoms with Crippen LogP contribution in [0.25, 0.3) is 10.8 Å². The van der Waals surface area contributed by atoms with Crippen molar-refractivity contribution in [1.82, 2.24) is 0 Å². The fraction of sp³-hybridized carbons (Fsp3) is 0.452. The van der Waals surface area contributed by atoms with Crippen LogP contribution in [0.4, 0.5) is 0 Å². The summed E-state index contributed by atoms with van der Waals surface area (Å²) in [5.74, 6) is -6.25. The van der Waals surface area contributed by atoms with Crippen LogP contribution in [-0.4, -0.2) is 57.7 Å². The van der Waals surface area contributed by atoms with E-state index in [2.05, 4.69) is 19.9 Å². The van der Waals surface area contributed by atoms with Gasteiger partial charge < -0.3 is 35.6 Å². The first-order valence-electron chi connectivity index (χ1n) is 13.6. The Morgan fingerprint density at radius 2 is 1.78 bits per heavy atom. The smallest absolute Gasteiger partial charge is 0.255 e. The SMILES string of the molecule is COc1cc(O)c2c(O)c3c(c4c2c1[C@]1(C4)C(C)=CCCC1(C)C)[C@@H](OC)[C@@H]1CC(O)=C(C(N)=O)C(=O)[C@]1(O)C3=O. The van der Waals surface area contributed by atoms with Gasteiger partial charge in [-0.25, -0.2) is 0 Å². The molecule has 4 atom stereocenters. The Kier molecular flexibility index (Phi) is 5.54. The molecule has 6 rings (SSSR count). The minimum Gasteiger partial charge on any atom is -0.511 e. The van der Waals surface area contributed by atoms with Crippen molar-refractivity contribution in [1.29, 1.82) is 0 Å². The number of amides is 1. The number of allylic oxidation sites excluding steroid dienone is 3. The number of aromatic hydroxyl groups is 2. The van der Waals surface area contributed by atoms with E-state index in [-0.39, 0.29) is 27.7 Å². The molecule has 0 bridgehead atoms. The average molecular weight is 564 g/mol. The number of aliphatic hydroxyl groups excluding tert-OH is 1. The number of phenolic OH excluding ortho intramolecular Hbond substituents is 2. The zero-order valence-corrected chi connectivity index (χ0v) is 23.5. The lowest BCUT2D eigenvalue weighted by Gasteiger charge is -2.49. The number of hydrogen-bond acceptors (Lipinski definition) is 9. The Morgan fingerprint density at radius 3 is 2.37 bits per heavy atom. The molecule has 0 fully saturated rings. The van der Waals surface area contributed by atoms with Crippen LogP contribution < -0.4 is 10.5 Å². The van der Waals surface area contributed by atoms with Crippen LogP contribution in [0.2, 0.25) is 0 Å². The van der Waals surface area contributed by atoms with Gasteiger partial charge in [-0.2, -0.15) is 0 Å². The molecule has 41 heavy (non-hydrogen) atoms. The molecule has 6 N–H and O–H groups in total. The highest BCUT2D eigenvalue weighted by molar-refractivity contribution is 6.33. The number of carbonyl (C=O) groups is 3. The molecule has 0 saturated heterocycles. The predicted molar refractivity (Wildman–Crippen MR) is 147 cm³/mol. The summed E-state index contributed by atoms with van der Waals surface area (Å²) in [4.78, 5) is 39.7. The van der Waals surface area contributed by atoms with Gasteiger partial charge in [-0.1, -0.05) is 25.5 Å². The highest BCUT2D eigenvalue weighted by Crippen LogP contribution is 2.66. The van der Waals surface area contributed by atoms with Gasteiger partial charge in [0.05, 0.1) is 24.2 Å². The lowest BCUT2D eigenvalue weighted by Crippen LogP contribution is -2.61. The molecule has 4 aliphatic carbocycles. The summed E-state index contributed by atoms with van der Waals surface area (Å²) in [5, 5.41) is 45.9. The standard InChI is InChI=1S/C31H33NO9/c1-12-7-6-8-29(2,3)30(12)11-13-18-20(16(34)10-17(40-4)23(18)30)24(35)22-19(13)25(41-5)14-9-15(33)21(28(32)38)26(36)31(14,39)27(22)37/h7,10,14,25,33-35,39H,6,8-9,11H2,1-5H3,(H2,32,38)/t14-,25-,30-,31-/m0/s1. The molecule has 2 aromatic rings. The Bertz CT molecular complexity index is 1680. The lowest BCUT2D eigenvalue weighted by atomic mass is 9.54. The number of carbonyl (C=O) groups excluding carboxylic acids is 3. The number of fused-ring (bicyclic) bond motifs is 4. The molecular weight excluding hydrogens is 530 g/mol. The maximum atomic E-state index is 14.2. The Hall–Kier alpha value is -3.89. The first-order valence-corrected chi connectivity index (χ1v) is 13.6. The number of aliphatic hydroxyl groups is 2. The lowest BCUT2D eigenvalue weighted by molar-refractivity contribution is -0.145. The Balaban J connectivity index is 1.77. The van der Waals surface area contributed by atoms with Crippen LogP contribution in [-0.2, 0) is 26.2 Å². The van der Waals surface area contributed by atoms with Gasteiger partial charge in [0.15, 0.2) is 5.60 Å². The van der Waals surface area contributed by atoms with Crippen LogP contribution in [0, 0.1) is 11.3 Å². The van der Waals surface area contributed by atoms with E-state index in [4.69, 9.17) is 15.2 Å². The van der Waals surface area contributed by atoms with E-state index in [1.165, 1.54) is 20.3 Å². The zero-order chi connectivity index (χ0) is 30.0. The minimum absolute atomic E-state index is 0.00243. The number of primary amides is 1. The van der Waals surface area contributed by atoms with E-state index in [0.29, 0.717) is 23.1 Å². The number of ketones is 2. The summed E-state index contributed by atoms with van der Waals surface area (Å²) in [5.41, 5.74) is 3.07. The third-order valence-corrected chi connectivity index (χ3v) is 10.3. The van der Waals surface area contributed by atoms with Crippen LogP contribution in [0.1, 0.15) is 73.2 Å². The largest absolute Gasteiger partial charge is 0.511 e. The highest BCUT2D eigenvalue weighted by Gasteiger charge is 2.64. The third-order valence-electron chi connectivity index (χ3n) is 10.3. The maximum absolute atomic E-state index is 14.2. The van der Waals surface area contributed by atoms with E-state index in [1.54, 1.807) is 0 Å². The van der Waals surface area contributed by atoms with Crippen molar-refractivity contribution in [3.63, 3.8) is 0 Å². The van der Waals surface area contributed by atoms with Crippen LogP contribution >= 0.6 is 0 Å². The summed E-state index contributed by atoms with van der Waals surface area (Å²) in [7, 11) is 2.86. The molecule has 10 nitrogen and oxygen atoms in total. The average Bonchev–Trinajstić information content (AvgIpc) is 3.26. The number of methoxy groups -OCH3 is 2. The van der Waals surface area contributed by atoms with Crippen molar-refractivity contribution in [2.75, 3.05) is 14.2 Å². The van der Waals surface area contributed by atoms with E-state index < -0.39 is 64.0 Å². The van der Waals surface area contributed by atoms with Gasteiger partial charge >= 0.3 is 0 Å². The number of ether oxygens (including phenoxy) is 2. The number of benzene rings is 2. The van der Waals surface area contributed by atoms with E-state index in [1.807, 2.05) is 6.92 Å². The van der Waals surface area contributed by atoms with Gasteiger partial charge in [0.1, 0.15) is 28.6 Å². The van der Waals surface area contributed by atoms with Gasteiger partial charge in [-0.15, -0.1) is 0 Å². The van der Waals surface area contributed by atoms with Crippen molar-refractivity contribution in [2.45, 2.75) is 63.6 Å². The number of rotatable bonds is 3. The number of nitrogens with two attached hydrogens (primary N) is 1. The van der Waals surface area contributed by atoms with Crippen molar-refractivity contribution in [3.05, 3.63) is 51.3 Å². The predicted octanol–water partition coefficient (Wildman–Crippen LogP) is 3.32. The Labute approximate surface area is 236 Å². The molecule has 0 saturated carbocycles. The van der Waals surface area contributed by atoms with Crippen molar-refractivity contribution in [3.8, 4) is 17.2 Å². The molecule has 0 aromatic heterocycles. The van der Waals surface area contributed by atoms with Gasteiger partial charge in [-0.05, 0) is 42.7 Å². The quantitative estimate of drug-likeness (QED) is 0.213. The normalized spacial score (nSPS) is 30.0. The molecule has 1 amide bonds. The summed E-state index contributed by atoms with van der Waals surface area (Å²) in [6, 6.07) is 1.41. The summed E-state index contributed by atoms with van der Waals surface area (Å²) >= 11 is 0. The van der Waals surface area contributed by atoms with Crippen molar-refractivity contribution >= 4 is 28.2 Å². The molecule has 2 aromatic carbocycles. The monoisotopic (exact) mass is 563 g/mol. The van der Waals surface area contributed by atoms with Gasteiger partial charge in [0.2, 0.25) is 11.6 Å². The number of phenols is 2. The van der Waals surface area contributed by atoms with Crippen LogP contribution in [0.3, 0.4) is 0 Å². The second kappa shape index (κ2) is 8.33. The van der Waals surface area contributed by atoms with Gasteiger partial charge in [0, 0.05) is 41.9 Å². The van der Waals surface area contributed by atoms with Crippen molar-refractivity contribution in [2.24, 2.45) is 17.1 Å². The molecule has 216 valence electrons. The highest BCUT2D eigenvalue weighted by atomic mass is 16.5. The maximum Gasteiger partial charge on any atom is 0.255 e. The summed E-state index contributed by atoms with van der Waals surface area (Å²) in [6.45, 7) is 6.36. The van der Waals surface area contributed by atoms with E-state index in [9.17, 15) is 34.8 Å². The molecule has 0 aliphatic heterocycles. The van der Waals surface area contributed by atoms with Crippen LogP contribution in [0.5, 0.6) is 17.2 Å². The molecular formula is C31H33NO9. The zero-order valence-electron chi connectivity index (χ0n) is 23.5. The second-order valence-corrected chi connectivity index (χ2v) is 12.3. The van der Waals surface area contributed by atoms with Gasteiger partial charge in [0.25, 0.3) is 5.91 Å². The third kappa shape index (κ3) is 2.96. The first-order chi connectivity index (χ1) is 19.2. The molecule has 10 heteroatoms. The molecule has 0 unspecified atom stereocenters. The first kappa shape index (κ1) is 27.3. The molecule has 0 radical (unpaired) electrons. The minimum atomic E-state index is -2.84. The number of Topliss-reactive ketones (excluding diaryl/α,β-unsaturated/α-hetero) is 2. The second-order valence-electron chi connectivity index (χ2n) is 12.3. The molecule has 0 heterocycles. The van der Waals surface area contributed by atoms with Crippen molar-refractivity contribution < 1.29 is 44.3 Å². The summed E-state index contributed by atoms with van der Waals surface area (Å²) < 4.78 is 11.7.